The van der Waals surface area contributed by atoms with Crippen LogP contribution in [-0.4, -0.2) is 18.4 Å². The normalized spacial score (nSPS) is 11.4. The van der Waals surface area contributed by atoms with Gasteiger partial charge in [0.2, 0.25) is 0 Å². The lowest BCUT2D eigenvalue weighted by molar-refractivity contribution is 0.598. The van der Waals surface area contributed by atoms with Crippen molar-refractivity contribution >= 4 is 15.7 Å². The number of nitrogens with two attached hydrogens (primary N) is 1. The van der Waals surface area contributed by atoms with Crippen LogP contribution in [0.3, 0.4) is 0 Å². The molecule has 6 nitrogen and oxygen atoms in total. The third-order valence-corrected chi connectivity index (χ3v) is 3.91. The minimum atomic E-state index is -3.64. The van der Waals surface area contributed by atoms with Crippen LogP contribution in [-0.2, 0) is 16.6 Å². The number of H-pyrrole nitrogens is 1. The number of hydrogen-bond donors (Lipinski definition) is 3. The Hall–Kier alpha value is -1.86. The standard InChI is InChI=1S/C11H14N4O2S/c1-8-3-2-4-10(9(8)5-12)15-18(16,17)11-6-13-7-14-11/h2-4,6-7,15H,5,12H2,1H3,(H,13,14). The SMILES string of the molecule is Cc1cccc(NS(=O)(=O)c2cnc[nH]2)c1CN. The Morgan fingerprint density at radius 2 is 2.22 bits per heavy atom. The average molecular weight is 266 g/mol. The van der Waals surface area contributed by atoms with Crippen molar-refractivity contribution in [1.29, 1.82) is 0 Å². The van der Waals surface area contributed by atoms with Crippen LogP contribution >= 0.6 is 0 Å². The molecule has 96 valence electrons. The quantitative estimate of drug-likeness (QED) is 0.767. The van der Waals surface area contributed by atoms with E-state index >= 15 is 0 Å². The molecular weight excluding hydrogens is 252 g/mol. The molecule has 0 saturated carbocycles. The Morgan fingerprint density at radius 3 is 2.83 bits per heavy atom. The monoisotopic (exact) mass is 266 g/mol. The number of aryl methyl sites for hydroxylation is 1. The maximum Gasteiger partial charge on any atom is 0.278 e. The van der Waals surface area contributed by atoms with Gasteiger partial charge in [-0.25, -0.2) is 4.98 Å². The predicted molar refractivity (Wildman–Crippen MR) is 68.5 cm³/mol. The van der Waals surface area contributed by atoms with Crippen LogP contribution in [0.25, 0.3) is 0 Å². The van der Waals surface area contributed by atoms with Gasteiger partial charge in [-0.15, -0.1) is 0 Å². The lowest BCUT2D eigenvalue weighted by Crippen LogP contribution is -2.16. The first-order valence-corrected chi connectivity index (χ1v) is 6.82. The third-order valence-electron chi connectivity index (χ3n) is 2.62. The Bertz CT molecular complexity index is 635. The summed E-state index contributed by atoms with van der Waals surface area (Å²) in [5, 5.41) is 0.0203. The lowest BCUT2D eigenvalue weighted by atomic mass is 10.1. The van der Waals surface area contributed by atoms with Gasteiger partial charge in [-0.1, -0.05) is 12.1 Å². The summed E-state index contributed by atoms with van der Waals surface area (Å²) in [7, 11) is -3.64. The number of sulfonamides is 1. The Kier molecular flexibility index (Phi) is 3.35. The number of aromatic nitrogens is 2. The van der Waals surface area contributed by atoms with Gasteiger partial charge in [-0.3, -0.25) is 4.72 Å². The molecule has 1 aromatic carbocycles. The van der Waals surface area contributed by atoms with Gasteiger partial charge < -0.3 is 10.7 Å². The molecule has 0 spiro atoms. The van der Waals surface area contributed by atoms with Gasteiger partial charge in [-0.05, 0) is 24.1 Å². The van der Waals surface area contributed by atoms with Crippen molar-refractivity contribution < 1.29 is 8.42 Å². The van der Waals surface area contributed by atoms with Gasteiger partial charge in [0, 0.05) is 6.54 Å². The number of nitrogens with one attached hydrogen (secondary N) is 2. The highest BCUT2D eigenvalue weighted by molar-refractivity contribution is 7.92. The minimum absolute atomic E-state index is 0.0203. The summed E-state index contributed by atoms with van der Waals surface area (Å²) in [5.41, 5.74) is 7.85. The molecule has 0 atom stereocenters. The van der Waals surface area contributed by atoms with Gasteiger partial charge >= 0.3 is 0 Å². The molecule has 4 N–H and O–H groups in total. The molecule has 7 heteroatoms. The van der Waals surface area contributed by atoms with E-state index in [0.29, 0.717) is 5.69 Å². The van der Waals surface area contributed by atoms with E-state index in [-0.39, 0.29) is 11.6 Å². The van der Waals surface area contributed by atoms with Crippen LogP contribution < -0.4 is 10.5 Å². The predicted octanol–water partition coefficient (Wildman–Crippen LogP) is 0.978. The van der Waals surface area contributed by atoms with Crippen molar-refractivity contribution in [1.82, 2.24) is 9.97 Å². The number of anilines is 1. The second-order valence-electron chi connectivity index (χ2n) is 3.83. The molecule has 0 bridgehead atoms. The number of benzene rings is 1. The average Bonchev–Trinajstić information content (AvgIpc) is 2.83. The second kappa shape index (κ2) is 4.79. The zero-order chi connectivity index (χ0) is 13.2. The van der Waals surface area contributed by atoms with E-state index in [0.717, 1.165) is 11.1 Å². The van der Waals surface area contributed by atoms with Crippen molar-refractivity contribution in [2.24, 2.45) is 5.73 Å². The summed E-state index contributed by atoms with van der Waals surface area (Å²) in [6, 6.07) is 5.35. The topological polar surface area (TPSA) is 101 Å². The van der Waals surface area contributed by atoms with Crippen LogP contribution in [0, 0.1) is 6.92 Å². The minimum Gasteiger partial charge on any atom is -0.334 e. The van der Waals surface area contributed by atoms with E-state index in [1.165, 1.54) is 12.5 Å². The Morgan fingerprint density at radius 1 is 1.44 bits per heavy atom. The highest BCUT2D eigenvalue weighted by Crippen LogP contribution is 2.21. The molecule has 0 radical (unpaired) electrons. The Balaban J connectivity index is 2.39. The van der Waals surface area contributed by atoms with Crippen molar-refractivity contribution in [3.8, 4) is 0 Å². The number of hydrogen-bond acceptors (Lipinski definition) is 4. The van der Waals surface area contributed by atoms with E-state index in [4.69, 9.17) is 5.73 Å². The fraction of sp³-hybridized carbons (Fsp3) is 0.182. The van der Waals surface area contributed by atoms with E-state index < -0.39 is 10.0 Å². The molecule has 2 aromatic rings. The maximum absolute atomic E-state index is 12.0. The molecule has 1 aromatic heterocycles. The molecule has 0 saturated heterocycles. The Labute approximate surface area is 105 Å². The summed E-state index contributed by atoms with van der Waals surface area (Å²) < 4.78 is 26.5. The second-order valence-corrected chi connectivity index (χ2v) is 5.48. The summed E-state index contributed by atoms with van der Waals surface area (Å²) in [6.07, 6.45) is 2.56. The molecule has 0 aliphatic carbocycles. The summed E-state index contributed by atoms with van der Waals surface area (Å²) >= 11 is 0. The fourth-order valence-electron chi connectivity index (χ4n) is 1.66. The number of imidazole rings is 1. The van der Waals surface area contributed by atoms with Crippen LogP contribution in [0.2, 0.25) is 0 Å². The van der Waals surface area contributed by atoms with Gasteiger partial charge in [0.15, 0.2) is 5.03 Å². The summed E-state index contributed by atoms with van der Waals surface area (Å²) in [5.74, 6) is 0. The lowest BCUT2D eigenvalue weighted by Gasteiger charge is -2.12. The van der Waals surface area contributed by atoms with E-state index in [1.807, 2.05) is 13.0 Å². The van der Waals surface area contributed by atoms with Crippen LogP contribution in [0.1, 0.15) is 11.1 Å². The van der Waals surface area contributed by atoms with Crippen molar-refractivity contribution in [3.63, 3.8) is 0 Å². The van der Waals surface area contributed by atoms with E-state index in [1.54, 1.807) is 12.1 Å². The van der Waals surface area contributed by atoms with Crippen molar-refractivity contribution in [2.75, 3.05) is 4.72 Å². The first-order valence-electron chi connectivity index (χ1n) is 5.34. The molecule has 0 aliphatic heterocycles. The molecule has 2 rings (SSSR count). The zero-order valence-corrected chi connectivity index (χ0v) is 10.7. The van der Waals surface area contributed by atoms with Crippen LogP contribution in [0.5, 0.6) is 0 Å². The van der Waals surface area contributed by atoms with Gasteiger partial charge in [-0.2, -0.15) is 8.42 Å². The summed E-state index contributed by atoms with van der Waals surface area (Å²) in [6.45, 7) is 2.16. The summed E-state index contributed by atoms with van der Waals surface area (Å²) in [4.78, 5) is 6.25. The first-order chi connectivity index (χ1) is 8.54. The molecule has 0 unspecified atom stereocenters. The largest absolute Gasteiger partial charge is 0.334 e. The number of rotatable bonds is 4. The van der Waals surface area contributed by atoms with Crippen molar-refractivity contribution in [2.45, 2.75) is 18.5 Å². The van der Waals surface area contributed by atoms with Crippen LogP contribution in [0.15, 0.2) is 35.7 Å². The molecule has 0 aliphatic rings. The molecular formula is C11H14N4O2S. The highest BCUT2D eigenvalue weighted by Gasteiger charge is 2.17. The van der Waals surface area contributed by atoms with Gasteiger partial charge in [0.25, 0.3) is 10.0 Å². The molecule has 1 heterocycles. The molecule has 18 heavy (non-hydrogen) atoms. The number of aromatic amines is 1. The van der Waals surface area contributed by atoms with E-state index in [9.17, 15) is 8.42 Å². The third kappa shape index (κ3) is 2.36. The molecule has 0 amide bonds. The van der Waals surface area contributed by atoms with Gasteiger partial charge in [0.1, 0.15) is 0 Å². The first kappa shape index (κ1) is 12.6. The number of nitrogens with zero attached hydrogens (tertiary/aromatic N) is 1. The fourth-order valence-corrected chi connectivity index (χ4v) is 2.66. The van der Waals surface area contributed by atoms with Gasteiger partial charge in [0.05, 0.1) is 18.2 Å². The van der Waals surface area contributed by atoms with Crippen LogP contribution in [0.4, 0.5) is 5.69 Å². The molecule has 0 fully saturated rings. The highest BCUT2D eigenvalue weighted by atomic mass is 32.2. The van der Waals surface area contributed by atoms with Crippen molar-refractivity contribution in [3.05, 3.63) is 41.9 Å². The zero-order valence-electron chi connectivity index (χ0n) is 9.84. The smallest absolute Gasteiger partial charge is 0.278 e. The maximum atomic E-state index is 12.0. The van der Waals surface area contributed by atoms with E-state index in [2.05, 4.69) is 14.7 Å².